The third-order valence-electron chi connectivity index (χ3n) is 4.08. The van der Waals surface area contributed by atoms with E-state index in [1.807, 2.05) is 12.1 Å². The number of carbonyl (C=O) groups excluding carboxylic acids is 2. The average Bonchev–Trinajstić information content (AvgIpc) is 2.67. The Morgan fingerprint density at radius 3 is 2.39 bits per heavy atom. The van der Waals surface area contributed by atoms with Crippen LogP contribution in [0, 0.1) is 10.1 Å². The first-order valence-electron chi connectivity index (χ1n) is 8.78. The van der Waals surface area contributed by atoms with Crippen molar-refractivity contribution in [3.8, 4) is 5.75 Å². The zero-order valence-corrected chi connectivity index (χ0v) is 16.0. The summed E-state index contributed by atoms with van der Waals surface area (Å²) in [7, 11) is 3.43. The molecule has 148 valence electrons. The summed E-state index contributed by atoms with van der Waals surface area (Å²) in [5.74, 6) is -0.330. The van der Waals surface area contributed by atoms with Gasteiger partial charge in [0.15, 0.2) is 11.9 Å². The number of ether oxygens (including phenoxy) is 1. The predicted octanol–water partition coefficient (Wildman–Crippen LogP) is 3.02. The lowest BCUT2D eigenvalue weighted by Gasteiger charge is -2.15. The van der Waals surface area contributed by atoms with Gasteiger partial charge in [0.2, 0.25) is 5.91 Å². The van der Waals surface area contributed by atoms with Crippen molar-refractivity contribution in [1.82, 2.24) is 4.90 Å². The highest BCUT2D eigenvalue weighted by Crippen LogP contribution is 2.27. The summed E-state index contributed by atoms with van der Waals surface area (Å²) in [5.41, 5.74) is 1.36. The lowest BCUT2D eigenvalue weighted by atomic mass is 10.1. The zero-order valence-electron chi connectivity index (χ0n) is 16.0. The molecule has 1 atom stereocenters. The van der Waals surface area contributed by atoms with Gasteiger partial charge in [0.25, 0.3) is 5.91 Å². The zero-order chi connectivity index (χ0) is 20.7. The van der Waals surface area contributed by atoms with Crippen LogP contribution in [0.2, 0.25) is 0 Å². The number of carbonyl (C=O) groups is 2. The minimum Gasteiger partial charge on any atom is -0.474 e. The highest BCUT2D eigenvalue weighted by atomic mass is 16.6. The Morgan fingerprint density at radius 2 is 1.79 bits per heavy atom. The molecule has 28 heavy (non-hydrogen) atoms. The molecule has 0 saturated heterocycles. The minimum atomic E-state index is -0.918. The molecule has 0 aromatic heterocycles. The summed E-state index contributed by atoms with van der Waals surface area (Å²) in [5, 5.41) is 13.7. The maximum Gasteiger partial charge on any atom is 0.310 e. The molecular formula is C20H23N3O5. The average molecular weight is 385 g/mol. The predicted molar refractivity (Wildman–Crippen MR) is 105 cm³/mol. The van der Waals surface area contributed by atoms with Crippen LogP contribution in [0.1, 0.15) is 18.9 Å². The third-order valence-corrected chi connectivity index (χ3v) is 4.08. The quantitative estimate of drug-likeness (QED) is 0.556. The molecule has 2 aromatic rings. The number of aryl methyl sites for hydroxylation is 1. The second kappa shape index (κ2) is 9.50. The second-order valence-corrected chi connectivity index (χ2v) is 6.46. The van der Waals surface area contributed by atoms with E-state index >= 15 is 0 Å². The molecule has 2 amide bonds. The van der Waals surface area contributed by atoms with Crippen molar-refractivity contribution in [2.75, 3.05) is 19.4 Å². The van der Waals surface area contributed by atoms with Gasteiger partial charge in [-0.1, -0.05) is 24.3 Å². The Hall–Kier alpha value is -3.42. The van der Waals surface area contributed by atoms with Crippen molar-refractivity contribution < 1.29 is 19.2 Å². The normalized spacial score (nSPS) is 11.4. The summed E-state index contributed by atoms with van der Waals surface area (Å²) in [6, 6.07) is 13.1. The van der Waals surface area contributed by atoms with Crippen LogP contribution < -0.4 is 10.1 Å². The van der Waals surface area contributed by atoms with Gasteiger partial charge in [-0.05, 0) is 37.1 Å². The molecule has 0 aliphatic rings. The first kappa shape index (κ1) is 20.9. The Morgan fingerprint density at radius 1 is 1.14 bits per heavy atom. The van der Waals surface area contributed by atoms with Gasteiger partial charge in [-0.3, -0.25) is 19.7 Å². The Kier molecular flexibility index (Phi) is 7.08. The molecule has 0 spiro atoms. The topological polar surface area (TPSA) is 102 Å². The number of nitro benzene ring substituents is 1. The fourth-order valence-electron chi connectivity index (χ4n) is 2.43. The summed E-state index contributed by atoms with van der Waals surface area (Å²) >= 11 is 0. The number of hydrogen-bond acceptors (Lipinski definition) is 5. The second-order valence-electron chi connectivity index (χ2n) is 6.46. The number of benzene rings is 2. The molecular weight excluding hydrogens is 362 g/mol. The van der Waals surface area contributed by atoms with E-state index in [0.29, 0.717) is 18.5 Å². The van der Waals surface area contributed by atoms with E-state index in [1.54, 1.807) is 37.2 Å². The number of amides is 2. The number of nitrogens with zero attached hydrogens (tertiary/aromatic N) is 2. The molecule has 1 N–H and O–H groups in total. The molecule has 8 heteroatoms. The largest absolute Gasteiger partial charge is 0.474 e. The van der Waals surface area contributed by atoms with Crippen molar-refractivity contribution in [3.63, 3.8) is 0 Å². The van der Waals surface area contributed by atoms with Gasteiger partial charge in [-0.25, -0.2) is 0 Å². The van der Waals surface area contributed by atoms with E-state index < -0.39 is 16.9 Å². The maximum atomic E-state index is 12.3. The van der Waals surface area contributed by atoms with Gasteiger partial charge in [-0.2, -0.15) is 0 Å². The maximum absolute atomic E-state index is 12.3. The van der Waals surface area contributed by atoms with Crippen LogP contribution in [0.4, 0.5) is 11.4 Å². The van der Waals surface area contributed by atoms with E-state index in [-0.39, 0.29) is 17.3 Å². The fraction of sp³-hybridized carbons (Fsp3) is 0.300. The Balaban J connectivity index is 1.93. The SMILES string of the molecule is CC(Oc1ccccc1[N+](=O)[O-])C(=O)Nc1ccc(CCC(=O)N(C)C)cc1. The van der Waals surface area contributed by atoms with Crippen LogP contribution in [0.3, 0.4) is 0 Å². The van der Waals surface area contributed by atoms with Crippen molar-refractivity contribution in [1.29, 1.82) is 0 Å². The fourth-order valence-corrected chi connectivity index (χ4v) is 2.43. The van der Waals surface area contributed by atoms with Crippen LogP contribution in [0.25, 0.3) is 0 Å². The van der Waals surface area contributed by atoms with Gasteiger partial charge >= 0.3 is 5.69 Å². The number of nitrogens with one attached hydrogen (secondary N) is 1. The standard InChI is InChI=1S/C20H23N3O5/c1-14(28-18-7-5-4-6-17(18)23(26)27)20(25)21-16-11-8-15(9-12-16)10-13-19(24)22(2)3/h4-9,11-12,14H,10,13H2,1-3H3,(H,21,25). The number of rotatable bonds is 8. The molecule has 0 heterocycles. The van der Waals surface area contributed by atoms with Gasteiger partial charge < -0.3 is 15.0 Å². The van der Waals surface area contributed by atoms with Crippen LogP contribution in [0.5, 0.6) is 5.75 Å². The first-order valence-corrected chi connectivity index (χ1v) is 8.78. The van der Waals surface area contributed by atoms with Crippen molar-refractivity contribution in [3.05, 3.63) is 64.2 Å². The van der Waals surface area contributed by atoms with E-state index in [1.165, 1.54) is 25.1 Å². The summed E-state index contributed by atoms with van der Waals surface area (Å²) in [6.07, 6.45) is 0.112. The van der Waals surface area contributed by atoms with Gasteiger partial charge in [0, 0.05) is 32.3 Å². The molecule has 0 bridgehead atoms. The summed E-state index contributed by atoms with van der Waals surface area (Å²) < 4.78 is 5.46. The number of para-hydroxylation sites is 2. The molecule has 0 radical (unpaired) electrons. The first-order chi connectivity index (χ1) is 13.3. The lowest BCUT2D eigenvalue weighted by Crippen LogP contribution is -2.30. The van der Waals surface area contributed by atoms with E-state index in [4.69, 9.17) is 4.74 Å². The van der Waals surface area contributed by atoms with Crippen LogP contribution >= 0.6 is 0 Å². The van der Waals surface area contributed by atoms with E-state index in [0.717, 1.165) is 5.56 Å². The number of hydrogen-bond donors (Lipinski definition) is 1. The molecule has 1 unspecified atom stereocenters. The molecule has 8 nitrogen and oxygen atoms in total. The van der Waals surface area contributed by atoms with Gasteiger partial charge in [0.1, 0.15) is 0 Å². The van der Waals surface area contributed by atoms with Crippen molar-refractivity contribution >= 4 is 23.2 Å². The molecule has 0 saturated carbocycles. The minimum absolute atomic E-state index is 0.0380. The smallest absolute Gasteiger partial charge is 0.310 e. The molecule has 0 aliphatic heterocycles. The van der Waals surface area contributed by atoms with Crippen LogP contribution in [-0.2, 0) is 16.0 Å². The van der Waals surface area contributed by atoms with Crippen molar-refractivity contribution in [2.45, 2.75) is 25.9 Å². The third kappa shape index (κ3) is 5.80. The van der Waals surface area contributed by atoms with Gasteiger partial charge in [-0.15, -0.1) is 0 Å². The molecule has 0 aliphatic carbocycles. The molecule has 2 aromatic carbocycles. The van der Waals surface area contributed by atoms with Gasteiger partial charge in [0.05, 0.1) is 4.92 Å². The Bertz CT molecular complexity index is 849. The van der Waals surface area contributed by atoms with Crippen molar-refractivity contribution in [2.24, 2.45) is 0 Å². The van der Waals surface area contributed by atoms with Crippen LogP contribution in [-0.4, -0.2) is 41.8 Å². The molecule has 2 rings (SSSR count). The lowest BCUT2D eigenvalue weighted by molar-refractivity contribution is -0.386. The highest BCUT2D eigenvalue weighted by Gasteiger charge is 2.20. The Labute approximate surface area is 163 Å². The number of nitro groups is 1. The highest BCUT2D eigenvalue weighted by molar-refractivity contribution is 5.94. The summed E-state index contributed by atoms with van der Waals surface area (Å²) in [4.78, 5) is 36.0. The number of anilines is 1. The monoisotopic (exact) mass is 385 g/mol. The van der Waals surface area contributed by atoms with E-state index in [2.05, 4.69) is 5.32 Å². The molecule has 0 fully saturated rings. The van der Waals surface area contributed by atoms with E-state index in [9.17, 15) is 19.7 Å². The summed E-state index contributed by atoms with van der Waals surface area (Å²) in [6.45, 7) is 1.52. The van der Waals surface area contributed by atoms with Crippen LogP contribution in [0.15, 0.2) is 48.5 Å².